The lowest BCUT2D eigenvalue weighted by Gasteiger charge is -2.51. The quantitative estimate of drug-likeness (QED) is 0.151. The summed E-state index contributed by atoms with van der Waals surface area (Å²) in [6.45, 7) is 5.50. The highest BCUT2D eigenvalue weighted by Gasteiger charge is 2.71. The number of alkyl halides is 6. The zero-order valence-electron chi connectivity index (χ0n) is 32.4. The van der Waals surface area contributed by atoms with Gasteiger partial charge in [0, 0.05) is 54.8 Å². The van der Waals surface area contributed by atoms with Crippen molar-refractivity contribution in [2.75, 3.05) is 32.8 Å². The molecule has 0 radical (unpaired) electrons. The molecule has 2 saturated heterocycles. The number of hydrogen-bond donors (Lipinski definition) is 0. The Morgan fingerprint density at radius 1 is 0.914 bits per heavy atom. The summed E-state index contributed by atoms with van der Waals surface area (Å²) < 4.78 is 110. The Morgan fingerprint density at radius 2 is 1.60 bits per heavy atom. The van der Waals surface area contributed by atoms with Gasteiger partial charge in [-0.1, -0.05) is 42.5 Å². The normalized spacial score (nSPS) is 21.4. The maximum atomic E-state index is 15.7. The molecule has 2 amide bonds. The molecule has 2 aliphatic carbocycles. The van der Waals surface area contributed by atoms with Crippen LogP contribution in [0.3, 0.4) is 0 Å². The summed E-state index contributed by atoms with van der Waals surface area (Å²) in [5, 5.41) is 4.35. The Morgan fingerprint density at radius 3 is 2.24 bits per heavy atom. The molecule has 1 saturated carbocycles. The van der Waals surface area contributed by atoms with Gasteiger partial charge < -0.3 is 19.3 Å². The van der Waals surface area contributed by atoms with Gasteiger partial charge in [0.15, 0.2) is 0 Å². The van der Waals surface area contributed by atoms with E-state index in [9.17, 15) is 40.7 Å². The maximum Gasteiger partial charge on any atom is 0.403 e. The minimum absolute atomic E-state index is 0.00341. The van der Waals surface area contributed by atoms with Crippen LogP contribution in [0.1, 0.15) is 90.3 Å². The number of likely N-dealkylation sites (tertiary alicyclic amines) is 2. The molecule has 312 valence electrons. The van der Waals surface area contributed by atoms with Crippen molar-refractivity contribution in [1.29, 1.82) is 0 Å². The van der Waals surface area contributed by atoms with Crippen LogP contribution in [0.5, 0.6) is 0 Å². The zero-order chi connectivity index (χ0) is 41.8. The average molecular weight is 819 g/mol. The molecule has 9 nitrogen and oxygen atoms in total. The number of nitrogens with zero attached hydrogens (tertiary/aromatic N) is 4. The fourth-order valence-electron chi connectivity index (χ4n) is 8.41. The lowest BCUT2D eigenvalue weighted by Crippen LogP contribution is -2.65. The predicted molar refractivity (Wildman–Crippen MR) is 196 cm³/mol. The second-order valence-corrected chi connectivity index (χ2v) is 17.1. The summed E-state index contributed by atoms with van der Waals surface area (Å²) in [7, 11) is 0. The van der Waals surface area contributed by atoms with Crippen molar-refractivity contribution in [2.45, 2.75) is 84.0 Å². The number of ether oxygens (including phenoxy) is 2. The second-order valence-electron chi connectivity index (χ2n) is 17.1. The first-order chi connectivity index (χ1) is 27.2. The van der Waals surface area contributed by atoms with Crippen molar-refractivity contribution in [1.82, 2.24) is 19.6 Å². The third kappa shape index (κ3) is 8.26. The molecule has 1 aromatic heterocycles. The lowest BCUT2D eigenvalue weighted by atomic mass is 9.71. The monoisotopic (exact) mass is 818 g/mol. The van der Waals surface area contributed by atoms with Gasteiger partial charge >= 0.3 is 18.3 Å². The van der Waals surface area contributed by atoms with Crippen molar-refractivity contribution >= 4 is 23.4 Å². The van der Waals surface area contributed by atoms with Crippen LogP contribution in [0.2, 0.25) is 0 Å². The lowest BCUT2D eigenvalue weighted by molar-refractivity contribution is -0.205. The molecule has 3 fully saturated rings. The van der Waals surface area contributed by atoms with Crippen LogP contribution in [-0.2, 0) is 27.4 Å². The van der Waals surface area contributed by atoms with Gasteiger partial charge in [0.2, 0.25) is 5.91 Å². The summed E-state index contributed by atoms with van der Waals surface area (Å²) in [4.78, 5) is 42.7. The topological polar surface area (TPSA) is 94.0 Å². The van der Waals surface area contributed by atoms with Crippen molar-refractivity contribution in [3.05, 3.63) is 94.6 Å². The molecule has 58 heavy (non-hydrogen) atoms. The van der Waals surface area contributed by atoms with E-state index >= 15 is 4.39 Å². The molecule has 2 aromatic carbocycles. The molecular formula is C42H45F7N4O5. The number of halogens is 7. The molecule has 3 heterocycles. The van der Waals surface area contributed by atoms with Gasteiger partial charge in [-0.15, -0.1) is 0 Å². The van der Waals surface area contributed by atoms with E-state index in [1.807, 2.05) is 0 Å². The van der Waals surface area contributed by atoms with Gasteiger partial charge in [-0.05, 0) is 70.1 Å². The Labute approximate surface area is 331 Å². The molecule has 2 aliphatic heterocycles. The highest BCUT2D eigenvalue weighted by Crippen LogP contribution is 2.60. The van der Waals surface area contributed by atoms with Crippen molar-refractivity contribution < 1.29 is 54.6 Å². The van der Waals surface area contributed by atoms with Crippen LogP contribution in [-0.4, -0.2) is 88.1 Å². The number of allylic oxidation sites excluding steroid dienone is 2. The number of carbonyl (C=O) groups is 3. The number of esters is 1. The molecule has 1 spiro atoms. The molecule has 16 heteroatoms. The third-order valence-corrected chi connectivity index (χ3v) is 11.8. The number of aromatic nitrogens is 2. The summed E-state index contributed by atoms with van der Waals surface area (Å²) in [5.41, 5.74) is -1.78. The number of carbonyl (C=O) groups excluding carboxylic acids is 3. The van der Waals surface area contributed by atoms with Crippen LogP contribution in [0, 0.1) is 28.5 Å². The Hall–Kier alpha value is -4.73. The highest BCUT2D eigenvalue weighted by molar-refractivity contribution is 5.94. The van der Waals surface area contributed by atoms with Gasteiger partial charge in [0.05, 0.1) is 43.0 Å². The minimum Gasteiger partial charge on any atom is -0.456 e. The minimum atomic E-state index is -4.67. The van der Waals surface area contributed by atoms with E-state index in [4.69, 9.17) is 9.47 Å². The van der Waals surface area contributed by atoms with Crippen LogP contribution in [0.25, 0.3) is 5.57 Å². The van der Waals surface area contributed by atoms with Crippen molar-refractivity contribution in [3.8, 4) is 0 Å². The molecule has 2 atom stereocenters. The largest absolute Gasteiger partial charge is 0.456 e. The average Bonchev–Trinajstić information content (AvgIpc) is 3.70. The Balaban J connectivity index is 1.05. The fraction of sp³-hybridized carbons (Fsp3) is 0.524. The first-order valence-electron chi connectivity index (χ1n) is 19.3. The predicted octanol–water partition coefficient (Wildman–Crippen LogP) is 8.23. The number of rotatable bonds is 10. The van der Waals surface area contributed by atoms with Crippen molar-refractivity contribution in [2.24, 2.45) is 22.7 Å². The van der Waals surface area contributed by atoms with E-state index in [0.29, 0.717) is 16.7 Å². The number of benzene rings is 2. The van der Waals surface area contributed by atoms with E-state index in [1.54, 1.807) is 62.2 Å². The molecule has 2 unspecified atom stereocenters. The summed E-state index contributed by atoms with van der Waals surface area (Å²) in [5.74, 6) is -4.37. The van der Waals surface area contributed by atoms with Crippen molar-refractivity contribution in [3.63, 3.8) is 0 Å². The molecule has 0 bridgehead atoms. The van der Waals surface area contributed by atoms with Gasteiger partial charge in [-0.25, -0.2) is 9.18 Å². The van der Waals surface area contributed by atoms with E-state index in [1.165, 1.54) is 34.0 Å². The molecular weight excluding hydrogens is 773 g/mol. The molecule has 0 N–H and O–H groups in total. The highest BCUT2D eigenvalue weighted by atomic mass is 19.4. The molecule has 4 aliphatic rings. The van der Waals surface area contributed by atoms with Crippen LogP contribution in [0.4, 0.5) is 30.7 Å². The van der Waals surface area contributed by atoms with E-state index in [0.717, 1.165) is 0 Å². The third-order valence-electron chi connectivity index (χ3n) is 11.8. The zero-order valence-corrected chi connectivity index (χ0v) is 32.4. The van der Waals surface area contributed by atoms with Gasteiger partial charge in [-0.3, -0.25) is 14.3 Å². The number of amides is 2. The SMILES string of the molecule is CC(C)(C)OC(=O)c1ccccc1Cn1cc(C(=O)N2CC(COCc3cccc(C4=CCC(C(F)(F)F)CC4)c3F)C3(C2)CN(C(=O)C2(C(F)(F)F)CC2)C3)cn1. The van der Waals surface area contributed by atoms with Gasteiger partial charge in [0.1, 0.15) is 16.8 Å². The first-order valence-corrected chi connectivity index (χ1v) is 19.3. The summed E-state index contributed by atoms with van der Waals surface area (Å²) >= 11 is 0. The van der Waals surface area contributed by atoms with Crippen LogP contribution in [0.15, 0.2) is 60.9 Å². The van der Waals surface area contributed by atoms with E-state index in [-0.39, 0.29) is 101 Å². The maximum absolute atomic E-state index is 15.7. The number of hydrogen-bond acceptors (Lipinski definition) is 6. The standard InChI is InChI=1S/C42H45F7N4O5/c1-38(2,3)58-36(55)33-9-5-4-7-27(33)18-53-19-29(17-50-53)35(54)51-20-31(39(23-51)24-52(25-39)37(56)40(15-16-40)42(47,48)49)22-57-21-28-8-6-10-32(34(28)43)26-11-13-30(14-12-26)41(44,45)46/h4-11,17,19,30-31H,12-16,18,20-25H2,1-3H3. The van der Waals surface area contributed by atoms with Crippen LogP contribution >= 0.6 is 0 Å². The second kappa shape index (κ2) is 15.1. The smallest absolute Gasteiger partial charge is 0.403 e. The van der Waals surface area contributed by atoms with E-state index in [2.05, 4.69) is 5.10 Å². The Kier molecular flexibility index (Phi) is 10.8. The van der Waals surface area contributed by atoms with Gasteiger partial charge in [-0.2, -0.15) is 31.4 Å². The first kappa shape index (κ1) is 41.4. The fourth-order valence-corrected chi connectivity index (χ4v) is 8.41. The Bertz CT molecular complexity index is 2090. The van der Waals surface area contributed by atoms with Gasteiger partial charge in [0.25, 0.3) is 5.91 Å². The summed E-state index contributed by atoms with van der Waals surface area (Å²) in [6, 6.07) is 11.5. The van der Waals surface area contributed by atoms with E-state index < -0.39 is 58.3 Å². The summed E-state index contributed by atoms with van der Waals surface area (Å²) in [6.07, 6.45) is -5.47. The molecule has 7 rings (SSSR count). The van der Waals surface area contributed by atoms with Crippen LogP contribution < -0.4 is 0 Å². The molecule has 3 aromatic rings.